The minimum atomic E-state index is -4.77. The Morgan fingerprint density at radius 2 is 1.08 bits per heavy atom. The Balaban J connectivity index is 3.08. The highest BCUT2D eigenvalue weighted by atomic mass is 19.4. The van der Waals surface area contributed by atoms with Gasteiger partial charge in [0.2, 0.25) is 0 Å². The summed E-state index contributed by atoms with van der Waals surface area (Å²) in [6.07, 6.45) is -16.3. The Hall–Kier alpha value is -0.750. The summed E-state index contributed by atoms with van der Waals surface area (Å²) in [5, 5.41) is 2.01. The van der Waals surface area contributed by atoms with Gasteiger partial charge in [-0.05, 0) is 39.9 Å². The molecule has 1 N–H and O–H groups in total. The quantitative estimate of drug-likeness (QED) is 0.626. The minimum Gasteiger partial charge on any atom is -0.306 e. The molecule has 0 aromatic rings. The Morgan fingerprint density at radius 3 is 1.50 bits per heavy atom. The van der Waals surface area contributed by atoms with E-state index in [0.29, 0.717) is 0 Å². The van der Waals surface area contributed by atoms with Crippen molar-refractivity contribution >= 4 is 0 Å². The molecular formula is C14H22F9N3. The van der Waals surface area contributed by atoms with Crippen LogP contribution >= 0.6 is 0 Å². The lowest BCUT2D eigenvalue weighted by atomic mass is 10.1. The van der Waals surface area contributed by atoms with E-state index in [1.54, 1.807) is 0 Å². The molecule has 0 bridgehead atoms. The number of nitrogens with zero attached hydrogens (tertiary/aromatic N) is 2. The first kappa shape index (κ1) is 23.3. The van der Waals surface area contributed by atoms with E-state index in [-0.39, 0.29) is 0 Å². The molecule has 156 valence electrons. The molecule has 0 spiro atoms. The van der Waals surface area contributed by atoms with Crippen LogP contribution in [0.25, 0.3) is 0 Å². The van der Waals surface area contributed by atoms with Gasteiger partial charge in [0.25, 0.3) is 0 Å². The van der Waals surface area contributed by atoms with E-state index < -0.39 is 75.6 Å². The van der Waals surface area contributed by atoms with Gasteiger partial charge in [0.15, 0.2) is 0 Å². The summed E-state index contributed by atoms with van der Waals surface area (Å²) >= 11 is 0. The van der Waals surface area contributed by atoms with Crippen LogP contribution < -0.4 is 5.32 Å². The highest BCUT2D eigenvalue weighted by Crippen LogP contribution is 2.31. The van der Waals surface area contributed by atoms with Crippen molar-refractivity contribution < 1.29 is 39.5 Å². The molecule has 0 aromatic carbocycles. The second-order valence-electron chi connectivity index (χ2n) is 6.49. The third-order valence-electron chi connectivity index (χ3n) is 4.55. The van der Waals surface area contributed by atoms with Gasteiger partial charge in [-0.25, -0.2) is 0 Å². The average Bonchev–Trinajstić information content (AvgIpc) is 2.40. The Bertz CT molecular complexity index is 433. The number of hydrogen-bond acceptors (Lipinski definition) is 3. The topological polar surface area (TPSA) is 18.5 Å². The van der Waals surface area contributed by atoms with Crippen LogP contribution in [-0.2, 0) is 0 Å². The van der Waals surface area contributed by atoms with Crippen molar-refractivity contribution in [3.63, 3.8) is 0 Å². The van der Waals surface area contributed by atoms with Gasteiger partial charge < -0.3 is 5.32 Å². The summed E-state index contributed by atoms with van der Waals surface area (Å²) in [6.45, 7) is -1.53. The van der Waals surface area contributed by atoms with Crippen LogP contribution in [0.5, 0.6) is 0 Å². The monoisotopic (exact) mass is 403 g/mol. The van der Waals surface area contributed by atoms with E-state index in [9.17, 15) is 39.5 Å². The van der Waals surface area contributed by atoms with Gasteiger partial charge >= 0.3 is 18.5 Å². The molecule has 1 aliphatic heterocycles. The minimum absolute atomic E-state index is 0.485. The first-order valence-corrected chi connectivity index (χ1v) is 7.98. The van der Waals surface area contributed by atoms with Crippen molar-refractivity contribution in [1.29, 1.82) is 0 Å². The molecule has 3 atom stereocenters. The van der Waals surface area contributed by atoms with Gasteiger partial charge in [0.1, 0.15) is 18.1 Å². The lowest BCUT2D eigenvalue weighted by Gasteiger charge is -2.36. The summed E-state index contributed by atoms with van der Waals surface area (Å²) < 4.78 is 118. The fourth-order valence-corrected chi connectivity index (χ4v) is 3.01. The van der Waals surface area contributed by atoms with Crippen LogP contribution in [0.15, 0.2) is 0 Å². The molecule has 0 aromatic heterocycles. The molecule has 1 fully saturated rings. The third kappa shape index (κ3) is 6.76. The highest BCUT2D eigenvalue weighted by molar-refractivity contribution is 4.86. The van der Waals surface area contributed by atoms with Gasteiger partial charge in [0.05, 0.1) is 0 Å². The number of hydrogen-bond donors (Lipinski definition) is 1. The maximum Gasteiger partial charge on any atom is 0.404 e. The van der Waals surface area contributed by atoms with Crippen molar-refractivity contribution in [2.75, 3.05) is 33.7 Å². The van der Waals surface area contributed by atoms with Crippen LogP contribution in [0.3, 0.4) is 0 Å². The van der Waals surface area contributed by atoms with E-state index in [2.05, 4.69) is 0 Å². The summed E-state index contributed by atoms with van der Waals surface area (Å²) in [6, 6.07) is -6.41. The molecule has 0 saturated carbocycles. The number of alkyl halides is 9. The molecule has 0 amide bonds. The Kier molecular flexibility index (Phi) is 7.62. The summed E-state index contributed by atoms with van der Waals surface area (Å²) in [4.78, 5) is 1.44. The highest BCUT2D eigenvalue weighted by Gasteiger charge is 2.47. The van der Waals surface area contributed by atoms with Gasteiger partial charge in [-0.15, -0.1) is 0 Å². The summed E-state index contributed by atoms with van der Waals surface area (Å²) in [7, 11) is 2.05. The van der Waals surface area contributed by atoms with E-state index >= 15 is 0 Å². The van der Waals surface area contributed by atoms with Crippen LogP contribution in [0.2, 0.25) is 0 Å². The largest absolute Gasteiger partial charge is 0.404 e. The first-order valence-electron chi connectivity index (χ1n) is 7.98. The van der Waals surface area contributed by atoms with Gasteiger partial charge in [-0.3, -0.25) is 9.80 Å². The third-order valence-corrected chi connectivity index (χ3v) is 4.55. The molecule has 3 nitrogen and oxygen atoms in total. The summed E-state index contributed by atoms with van der Waals surface area (Å²) in [5.74, 6) is 0. The SMILES string of the molecule is CN1CCC(C(F)(F)F)NCCC(C(F)(F)F)N(C)CCC1C(F)(F)F. The predicted octanol–water partition coefficient (Wildman–Crippen LogP) is 3.42. The molecule has 0 aliphatic carbocycles. The van der Waals surface area contributed by atoms with Crippen molar-refractivity contribution in [3.05, 3.63) is 0 Å². The van der Waals surface area contributed by atoms with Crippen molar-refractivity contribution in [2.24, 2.45) is 0 Å². The fourth-order valence-electron chi connectivity index (χ4n) is 3.01. The second kappa shape index (κ2) is 8.51. The van der Waals surface area contributed by atoms with E-state index in [0.717, 1.165) is 23.9 Å². The van der Waals surface area contributed by atoms with Crippen LogP contribution in [0.1, 0.15) is 19.3 Å². The lowest BCUT2D eigenvalue weighted by Crippen LogP contribution is -2.53. The number of rotatable bonds is 0. The van der Waals surface area contributed by atoms with Crippen LogP contribution in [0.4, 0.5) is 39.5 Å². The smallest absolute Gasteiger partial charge is 0.306 e. The summed E-state index contributed by atoms with van der Waals surface area (Å²) in [5.41, 5.74) is 0. The number of nitrogens with one attached hydrogen (secondary N) is 1. The predicted molar refractivity (Wildman–Crippen MR) is 76.6 cm³/mol. The van der Waals surface area contributed by atoms with E-state index in [1.165, 1.54) is 0 Å². The average molecular weight is 403 g/mol. The van der Waals surface area contributed by atoms with Crippen LogP contribution in [-0.4, -0.2) is 80.2 Å². The second-order valence-corrected chi connectivity index (χ2v) is 6.49. The maximum atomic E-state index is 13.2. The molecular weight excluding hydrogens is 381 g/mol. The maximum absolute atomic E-state index is 13.2. The molecule has 1 heterocycles. The van der Waals surface area contributed by atoms with E-state index in [1.807, 2.05) is 5.32 Å². The van der Waals surface area contributed by atoms with Crippen molar-refractivity contribution in [2.45, 2.75) is 55.9 Å². The Labute approximate surface area is 145 Å². The van der Waals surface area contributed by atoms with Gasteiger partial charge in [-0.2, -0.15) is 39.5 Å². The van der Waals surface area contributed by atoms with Crippen LogP contribution in [0, 0.1) is 0 Å². The molecule has 3 unspecified atom stereocenters. The zero-order valence-corrected chi connectivity index (χ0v) is 14.3. The van der Waals surface area contributed by atoms with Crippen molar-refractivity contribution in [1.82, 2.24) is 15.1 Å². The Morgan fingerprint density at radius 1 is 0.654 bits per heavy atom. The lowest BCUT2D eigenvalue weighted by molar-refractivity contribution is -0.196. The fraction of sp³-hybridized carbons (Fsp3) is 1.00. The normalized spacial score (nSPS) is 29.9. The van der Waals surface area contributed by atoms with Crippen molar-refractivity contribution in [3.8, 4) is 0 Å². The van der Waals surface area contributed by atoms with Gasteiger partial charge in [0, 0.05) is 13.1 Å². The molecule has 1 rings (SSSR count). The number of halogens is 9. The zero-order chi connectivity index (χ0) is 20.3. The molecule has 1 saturated heterocycles. The molecule has 12 heteroatoms. The zero-order valence-electron chi connectivity index (χ0n) is 14.3. The molecule has 0 radical (unpaired) electrons. The van der Waals surface area contributed by atoms with Gasteiger partial charge in [-0.1, -0.05) is 0 Å². The van der Waals surface area contributed by atoms with E-state index in [4.69, 9.17) is 0 Å². The standard InChI is InChI=1S/C14H22F9N3/c1-25-7-4-9(12(15,16)17)24-6-3-10(13(18,19)20)26(2)8-5-11(25)14(21,22)23/h9-11,24H,3-8H2,1-2H3. The molecule has 26 heavy (non-hydrogen) atoms. The first-order chi connectivity index (χ1) is 11.6. The molecule has 1 aliphatic rings.